The van der Waals surface area contributed by atoms with Crippen molar-refractivity contribution in [2.45, 2.75) is 44.8 Å². The number of nitrogens with two attached hydrogens (primary N) is 1. The summed E-state index contributed by atoms with van der Waals surface area (Å²) in [6.45, 7) is 3.50. The Morgan fingerprint density at radius 2 is 2.19 bits per heavy atom. The van der Waals surface area contributed by atoms with Crippen LogP contribution in [-0.4, -0.2) is 17.1 Å². The number of aromatic nitrogens is 1. The number of nitrogens with zero attached hydrogens (tertiary/aromatic N) is 1. The van der Waals surface area contributed by atoms with E-state index >= 15 is 0 Å². The maximum atomic E-state index is 6.32. The predicted molar refractivity (Wildman–Crippen MR) is 85.9 cm³/mol. The lowest BCUT2D eigenvalue weighted by Crippen LogP contribution is -2.44. The van der Waals surface area contributed by atoms with Gasteiger partial charge in [0.15, 0.2) is 0 Å². The van der Waals surface area contributed by atoms with Crippen molar-refractivity contribution < 1.29 is 4.74 Å². The van der Waals surface area contributed by atoms with Crippen LogP contribution in [0.2, 0.25) is 0 Å². The quantitative estimate of drug-likeness (QED) is 0.932. The van der Waals surface area contributed by atoms with Crippen LogP contribution < -0.4 is 5.73 Å². The first-order chi connectivity index (χ1) is 10.2. The van der Waals surface area contributed by atoms with E-state index < -0.39 is 0 Å². The van der Waals surface area contributed by atoms with Gasteiger partial charge < -0.3 is 10.5 Å². The Kier molecular flexibility index (Phi) is 4.22. The van der Waals surface area contributed by atoms with Crippen molar-refractivity contribution in [3.05, 3.63) is 42.1 Å². The van der Waals surface area contributed by atoms with Gasteiger partial charge in [0.25, 0.3) is 0 Å². The molecular weight excluding hydrogens is 260 g/mol. The molecule has 1 aliphatic carbocycles. The number of para-hydroxylation sites is 1. The molecule has 0 spiro atoms. The highest BCUT2D eigenvalue weighted by Gasteiger charge is 2.34. The lowest BCUT2D eigenvalue weighted by Gasteiger charge is -2.39. The first-order valence-electron chi connectivity index (χ1n) is 7.89. The Hall–Kier alpha value is -1.45. The van der Waals surface area contributed by atoms with E-state index in [-0.39, 0.29) is 5.60 Å². The summed E-state index contributed by atoms with van der Waals surface area (Å²) >= 11 is 0. The normalized spacial score (nSPS) is 26.1. The first kappa shape index (κ1) is 14.5. The highest BCUT2D eigenvalue weighted by molar-refractivity contribution is 5.81. The number of pyridine rings is 1. The number of fused-ring (bicyclic) bond motifs is 1. The summed E-state index contributed by atoms with van der Waals surface area (Å²) in [6.07, 6.45) is 6.49. The van der Waals surface area contributed by atoms with Crippen LogP contribution in [0.1, 0.15) is 38.2 Å². The molecule has 21 heavy (non-hydrogen) atoms. The molecule has 3 nitrogen and oxygen atoms in total. The van der Waals surface area contributed by atoms with Crippen molar-refractivity contribution in [2.24, 2.45) is 11.7 Å². The van der Waals surface area contributed by atoms with Gasteiger partial charge in [-0.15, -0.1) is 0 Å². The van der Waals surface area contributed by atoms with Crippen molar-refractivity contribution in [1.29, 1.82) is 0 Å². The van der Waals surface area contributed by atoms with Gasteiger partial charge in [-0.1, -0.05) is 44.0 Å². The SMILES string of the molecule is CC1CCCC(CN)(OCc2cccc3cccnc23)C1. The maximum absolute atomic E-state index is 6.32. The minimum Gasteiger partial charge on any atom is -0.369 e. The number of rotatable bonds is 4. The second-order valence-electron chi connectivity index (χ2n) is 6.37. The van der Waals surface area contributed by atoms with Crippen LogP contribution in [0.25, 0.3) is 10.9 Å². The Labute approximate surface area is 126 Å². The molecule has 1 saturated carbocycles. The van der Waals surface area contributed by atoms with Crippen molar-refractivity contribution in [2.75, 3.05) is 6.54 Å². The summed E-state index contributed by atoms with van der Waals surface area (Å²) in [5, 5.41) is 1.16. The fourth-order valence-corrected chi connectivity index (χ4v) is 3.50. The second-order valence-corrected chi connectivity index (χ2v) is 6.37. The summed E-state index contributed by atoms with van der Waals surface area (Å²) in [5.74, 6) is 0.702. The molecular formula is C18H24N2O. The molecule has 2 aromatic rings. The van der Waals surface area contributed by atoms with E-state index in [1.54, 1.807) is 0 Å². The highest BCUT2D eigenvalue weighted by Crippen LogP contribution is 2.35. The second kappa shape index (κ2) is 6.12. The molecule has 2 atom stereocenters. The summed E-state index contributed by atoms with van der Waals surface area (Å²) in [6, 6.07) is 10.3. The summed E-state index contributed by atoms with van der Waals surface area (Å²) in [4.78, 5) is 4.50. The Balaban J connectivity index is 1.79. The largest absolute Gasteiger partial charge is 0.369 e. The molecule has 1 heterocycles. The van der Waals surface area contributed by atoms with Crippen LogP contribution in [0.5, 0.6) is 0 Å². The number of benzene rings is 1. The van der Waals surface area contributed by atoms with Crippen LogP contribution in [0, 0.1) is 5.92 Å². The zero-order chi connectivity index (χ0) is 14.7. The van der Waals surface area contributed by atoms with Gasteiger partial charge in [0.1, 0.15) is 0 Å². The minimum atomic E-state index is -0.144. The number of hydrogen-bond donors (Lipinski definition) is 1. The molecule has 0 radical (unpaired) electrons. The molecule has 0 bridgehead atoms. The average Bonchev–Trinajstić information content (AvgIpc) is 2.53. The predicted octanol–water partition coefficient (Wildman–Crippen LogP) is 3.66. The van der Waals surface area contributed by atoms with Gasteiger partial charge in [0.05, 0.1) is 17.7 Å². The average molecular weight is 284 g/mol. The first-order valence-corrected chi connectivity index (χ1v) is 7.89. The molecule has 3 heteroatoms. The van der Waals surface area contributed by atoms with Crippen LogP contribution >= 0.6 is 0 Å². The Morgan fingerprint density at radius 1 is 1.33 bits per heavy atom. The van der Waals surface area contributed by atoms with Crippen LogP contribution in [0.4, 0.5) is 0 Å². The minimum absolute atomic E-state index is 0.144. The van der Waals surface area contributed by atoms with Crippen molar-refractivity contribution in [1.82, 2.24) is 4.98 Å². The van der Waals surface area contributed by atoms with Crippen molar-refractivity contribution in [3.8, 4) is 0 Å². The fraction of sp³-hybridized carbons (Fsp3) is 0.500. The van der Waals surface area contributed by atoms with Gasteiger partial charge in [-0.25, -0.2) is 0 Å². The van der Waals surface area contributed by atoms with E-state index in [0.717, 1.165) is 29.3 Å². The summed E-state index contributed by atoms with van der Waals surface area (Å²) in [5.41, 5.74) is 8.08. The molecule has 2 unspecified atom stereocenters. The fourth-order valence-electron chi connectivity index (χ4n) is 3.50. The van der Waals surface area contributed by atoms with E-state index in [1.165, 1.54) is 12.8 Å². The highest BCUT2D eigenvalue weighted by atomic mass is 16.5. The molecule has 1 aliphatic rings. The lowest BCUT2D eigenvalue weighted by molar-refractivity contribution is -0.0836. The third kappa shape index (κ3) is 3.09. The van der Waals surface area contributed by atoms with Crippen molar-refractivity contribution >= 4 is 10.9 Å². The molecule has 3 rings (SSSR count). The molecule has 0 saturated heterocycles. The van der Waals surface area contributed by atoms with Crippen LogP contribution in [0.3, 0.4) is 0 Å². The monoisotopic (exact) mass is 284 g/mol. The van der Waals surface area contributed by atoms with Gasteiger partial charge in [0, 0.05) is 23.7 Å². The van der Waals surface area contributed by atoms with E-state index in [9.17, 15) is 0 Å². The molecule has 112 valence electrons. The Bertz CT molecular complexity index is 608. The topological polar surface area (TPSA) is 48.1 Å². The molecule has 1 aromatic carbocycles. The smallest absolute Gasteiger partial charge is 0.0811 e. The van der Waals surface area contributed by atoms with Crippen molar-refractivity contribution in [3.63, 3.8) is 0 Å². The van der Waals surface area contributed by atoms with E-state index in [1.807, 2.05) is 12.3 Å². The van der Waals surface area contributed by atoms with Gasteiger partial charge in [-0.2, -0.15) is 0 Å². The van der Waals surface area contributed by atoms with Crippen LogP contribution in [-0.2, 0) is 11.3 Å². The third-order valence-electron chi connectivity index (χ3n) is 4.67. The lowest BCUT2D eigenvalue weighted by atomic mass is 9.79. The third-order valence-corrected chi connectivity index (χ3v) is 4.67. The summed E-state index contributed by atoms with van der Waals surface area (Å²) in [7, 11) is 0. The maximum Gasteiger partial charge on any atom is 0.0811 e. The van der Waals surface area contributed by atoms with E-state index in [0.29, 0.717) is 19.1 Å². The zero-order valence-corrected chi connectivity index (χ0v) is 12.7. The van der Waals surface area contributed by atoms with Gasteiger partial charge >= 0.3 is 0 Å². The standard InChI is InChI=1S/C18H24N2O/c1-14-5-3-9-18(11-14,13-19)21-12-16-7-2-6-15-8-4-10-20-17(15)16/h2,4,6-8,10,14H,3,5,9,11-13,19H2,1H3. The van der Waals surface area contributed by atoms with Gasteiger partial charge in [-0.05, 0) is 24.8 Å². The van der Waals surface area contributed by atoms with Gasteiger partial charge in [0.2, 0.25) is 0 Å². The molecule has 1 fully saturated rings. The number of hydrogen-bond acceptors (Lipinski definition) is 3. The number of ether oxygens (including phenoxy) is 1. The molecule has 2 N–H and O–H groups in total. The Morgan fingerprint density at radius 3 is 3.00 bits per heavy atom. The summed E-state index contributed by atoms with van der Waals surface area (Å²) < 4.78 is 6.32. The van der Waals surface area contributed by atoms with Gasteiger partial charge in [-0.3, -0.25) is 4.98 Å². The molecule has 0 amide bonds. The van der Waals surface area contributed by atoms with E-state index in [2.05, 4.69) is 36.2 Å². The van der Waals surface area contributed by atoms with E-state index in [4.69, 9.17) is 10.5 Å². The molecule has 1 aromatic heterocycles. The zero-order valence-electron chi connectivity index (χ0n) is 12.7. The van der Waals surface area contributed by atoms with Crippen LogP contribution in [0.15, 0.2) is 36.5 Å². The molecule has 0 aliphatic heterocycles.